The number of hydrogen-bond donors (Lipinski definition) is 2. The Morgan fingerprint density at radius 3 is 2.57 bits per heavy atom. The predicted octanol–water partition coefficient (Wildman–Crippen LogP) is 3.70. The van der Waals surface area contributed by atoms with Crippen LogP contribution in [0, 0.1) is 5.41 Å². The van der Waals surface area contributed by atoms with Gasteiger partial charge in [-0.05, 0) is 35.2 Å². The Kier molecular flexibility index (Phi) is 6.65. The van der Waals surface area contributed by atoms with Crippen molar-refractivity contribution in [3.8, 4) is 0 Å². The first-order valence-corrected chi connectivity index (χ1v) is 7.98. The van der Waals surface area contributed by atoms with Gasteiger partial charge in [0.1, 0.15) is 0 Å². The van der Waals surface area contributed by atoms with E-state index in [0.29, 0.717) is 13.1 Å². The Labute approximate surface area is 136 Å². The molecule has 1 amide bonds. The zero-order chi connectivity index (χ0) is 14.6. The maximum absolute atomic E-state index is 12.4. The number of nitrogens with two attached hydrogens (primary N) is 1. The number of carbonyl (C=O) groups excluding carboxylic acids is 1. The number of carbonyl (C=O) groups is 1. The molecule has 0 bridgehead atoms. The van der Waals surface area contributed by atoms with Crippen LogP contribution in [0.5, 0.6) is 0 Å². The van der Waals surface area contributed by atoms with Crippen LogP contribution in [0.2, 0.25) is 0 Å². The van der Waals surface area contributed by atoms with E-state index in [1.54, 1.807) is 11.3 Å². The van der Waals surface area contributed by atoms with E-state index in [-0.39, 0.29) is 18.3 Å². The lowest BCUT2D eigenvalue weighted by Gasteiger charge is -2.28. The van der Waals surface area contributed by atoms with Gasteiger partial charge in [-0.3, -0.25) is 4.79 Å². The van der Waals surface area contributed by atoms with Gasteiger partial charge in [-0.15, -0.1) is 23.7 Å². The summed E-state index contributed by atoms with van der Waals surface area (Å²) < 4.78 is 1.26. The van der Waals surface area contributed by atoms with Crippen LogP contribution in [0.15, 0.2) is 29.6 Å². The molecule has 0 unspecified atom stereocenters. The van der Waals surface area contributed by atoms with Gasteiger partial charge in [-0.2, -0.15) is 0 Å². The first-order chi connectivity index (χ1) is 9.66. The van der Waals surface area contributed by atoms with Gasteiger partial charge in [0.2, 0.25) is 5.91 Å². The number of rotatable bonds is 6. The zero-order valence-electron chi connectivity index (χ0n) is 12.5. The number of nitrogens with one attached hydrogen (secondary N) is 1. The fraction of sp³-hybridized carbons (Fsp3) is 0.438. The van der Waals surface area contributed by atoms with Gasteiger partial charge in [-0.25, -0.2) is 0 Å². The Hall–Kier alpha value is -1.10. The molecule has 1 heterocycles. The molecule has 21 heavy (non-hydrogen) atoms. The van der Waals surface area contributed by atoms with Gasteiger partial charge in [0, 0.05) is 17.8 Å². The van der Waals surface area contributed by atoms with Crippen molar-refractivity contribution in [2.24, 2.45) is 11.1 Å². The van der Waals surface area contributed by atoms with Crippen molar-refractivity contribution >= 4 is 39.7 Å². The number of amides is 1. The van der Waals surface area contributed by atoms with Crippen molar-refractivity contribution < 1.29 is 4.79 Å². The SMILES string of the molecule is CCC(CC)(CN)C(=O)NCc1csc2ccccc12.Cl. The Morgan fingerprint density at radius 1 is 1.29 bits per heavy atom. The number of hydrogen-bond acceptors (Lipinski definition) is 3. The van der Waals surface area contributed by atoms with Gasteiger partial charge in [-0.1, -0.05) is 32.0 Å². The molecule has 5 heteroatoms. The monoisotopic (exact) mass is 326 g/mol. The van der Waals surface area contributed by atoms with Crippen molar-refractivity contribution in [1.29, 1.82) is 0 Å². The summed E-state index contributed by atoms with van der Waals surface area (Å²) in [7, 11) is 0. The first-order valence-electron chi connectivity index (χ1n) is 7.10. The lowest BCUT2D eigenvalue weighted by atomic mass is 9.81. The minimum absolute atomic E-state index is 0. The van der Waals surface area contributed by atoms with Crippen LogP contribution in [0.25, 0.3) is 10.1 Å². The third-order valence-corrected chi connectivity index (χ3v) is 5.24. The number of halogens is 1. The fourth-order valence-electron chi connectivity index (χ4n) is 2.49. The number of thiophene rings is 1. The van der Waals surface area contributed by atoms with Crippen LogP contribution in [0.1, 0.15) is 32.3 Å². The van der Waals surface area contributed by atoms with Gasteiger partial charge >= 0.3 is 0 Å². The molecule has 1 aromatic heterocycles. The van der Waals surface area contributed by atoms with Crippen molar-refractivity contribution in [2.45, 2.75) is 33.2 Å². The van der Waals surface area contributed by atoms with Crippen LogP contribution in [0.4, 0.5) is 0 Å². The summed E-state index contributed by atoms with van der Waals surface area (Å²) in [4.78, 5) is 12.4. The molecular weight excluding hydrogens is 304 g/mol. The van der Waals surface area contributed by atoms with Crippen molar-refractivity contribution in [2.75, 3.05) is 6.54 Å². The molecule has 0 aliphatic heterocycles. The molecule has 3 N–H and O–H groups in total. The molecule has 2 rings (SSSR count). The van der Waals surface area contributed by atoms with E-state index in [1.165, 1.54) is 15.6 Å². The van der Waals surface area contributed by atoms with E-state index in [0.717, 1.165) is 12.8 Å². The fourth-order valence-corrected chi connectivity index (χ4v) is 3.45. The highest BCUT2D eigenvalue weighted by atomic mass is 35.5. The van der Waals surface area contributed by atoms with E-state index in [1.807, 2.05) is 26.0 Å². The molecule has 1 aromatic carbocycles. The normalized spacial score (nSPS) is 11.2. The molecule has 3 nitrogen and oxygen atoms in total. The zero-order valence-corrected chi connectivity index (χ0v) is 14.2. The van der Waals surface area contributed by atoms with Gasteiger partial charge < -0.3 is 11.1 Å². The lowest BCUT2D eigenvalue weighted by Crippen LogP contribution is -2.44. The minimum atomic E-state index is -0.425. The molecule has 0 atom stereocenters. The summed E-state index contributed by atoms with van der Waals surface area (Å²) in [5.41, 5.74) is 6.56. The first kappa shape index (κ1) is 18.0. The summed E-state index contributed by atoms with van der Waals surface area (Å²) in [5, 5.41) is 6.40. The molecule has 0 saturated carbocycles. The van der Waals surface area contributed by atoms with E-state index in [4.69, 9.17) is 5.73 Å². The lowest BCUT2D eigenvalue weighted by molar-refractivity contribution is -0.131. The largest absolute Gasteiger partial charge is 0.351 e. The van der Waals surface area contributed by atoms with Crippen molar-refractivity contribution in [1.82, 2.24) is 5.32 Å². The van der Waals surface area contributed by atoms with Crippen molar-refractivity contribution in [3.05, 3.63) is 35.2 Å². The van der Waals surface area contributed by atoms with Crippen LogP contribution in [0.3, 0.4) is 0 Å². The Balaban J connectivity index is 0.00000220. The highest BCUT2D eigenvalue weighted by Gasteiger charge is 2.32. The van der Waals surface area contributed by atoms with Gasteiger partial charge in [0.15, 0.2) is 0 Å². The average Bonchev–Trinajstić information content (AvgIpc) is 2.91. The standard InChI is InChI=1S/C16H22N2OS.ClH/c1-3-16(4-2,11-17)15(19)18-9-12-10-20-14-8-6-5-7-13(12)14;/h5-8,10H,3-4,9,11,17H2,1-2H3,(H,18,19);1H. The molecule has 0 aliphatic carbocycles. The Bertz CT molecular complexity index is 584. The Morgan fingerprint density at radius 2 is 1.95 bits per heavy atom. The second-order valence-corrected chi connectivity index (χ2v) is 6.04. The molecule has 0 radical (unpaired) electrons. The average molecular weight is 327 g/mol. The second-order valence-electron chi connectivity index (χ2n) is 5.13. The maximum Gasteiger partial charge on any atom is 0.227 e. The van der Waals surface area contributed by atoms with Crippen LogP contribution in [-0.2, 0) is 11.3 Å². The van der Waals surface area contributed by atoms with Crippen LogP contribution >= 0.6 is 23.7 Å². The topological polar surface area (TPSA) is 55.1 Å². The van der Waals surface area contributed by atoms with Gasteiger partial charge in [0.05, 0.1) is 5.41 Å². The molecule has 2 aromatic rings. The quantitative estimate of drug-likeness (QED) is 0.850. The maximum atomic E-state index is 12.4. The van der Waals surface area contributed by atoms with E-state index in [9.17, 15) is 4.79 Å². The summed E-state index contributed by atoms with van der Waals surface area (Å²) in [5.74, 6) is 0.0697. The van der Waals surface area contributed by atoms with Crippen LogP contribution in [-0.4, -0.2) is 12.5 Å². The predicted molar refractivity (Wildman–Crippen MR) is 93.0 cm³/mol. The number of fused-ring (bicyclic) bond motifs is 1. The highest BCUT2D eigenvalue weighted by Crippen LogP contribution is 2.27. The third kappa shape index (κ3) is 3.57. The summed E-state index contributed by atoms with van der Waals surface area (Å²) in [6.07, 6.45) is 1.55. The molecule has 116 valence electrons. The highest BCUT2D eigenvalue weighted by molar-refractivity contribution is 7.17. The van der Waals surface area contributed by atoms with Crippen molar-refractivity contribution in [3.63, 3.8) is 0 Å². The van der Waals surface area contributed by atoms with E-state index in [2.05, 4.69) is 22.8 Å². The molecule has 0 spiro atoms. The van der Waals surface area contributed by atoms with E-state index < -0.39 is 5.41 Å². The molecule has 0 saturated heterocycles. The second kappa shape index (κ2) is 7.78. The molecule has 0 fully saturated rings. The van der Waals surface area contributed by atoms with Crippen LogP contribution < -0.4 is 11.1 Å². The number of benzene rings is 1. The summed E-state index contributed by atoms with van der Waals surface area (Å²) >= 11 is 1.71. The minimum Gasteiger partial charge on any atom is -0.351 e. The third-order valence-electron chi connectivity index (χ3n) is 4.23. The molecular formula is C16H23ClN2OS. The molecule has 0 aliphatic rings. The summed E-state index contributed by atoms with van der Waals surface area (Å²) in [6, 6.07) is 8.27. The van der Waals surface area contributed by atoms with E-state index >= 15 is 0 Å². The van der Waals surface area contributed by atoms with Gasteiger partial charge in [0.25, 0.3) is 0 Å². The summed E-state index contributed by atoms with van der Waals surface area (Å²) in [6.45, 7) is 5.02. The smallest absolute Gasteiger partial charge is 0.227 e.